The summed E-state index contributed by atoms with van der Waals surface area (Å²) in [6.45, 7) is 9.67. The van der Waals surface area contributed by atoms with E-state index < -0.39 is 35.5 Å². The second-order valence-corrected chi connectivity index (χ2v) is 6.63. The Hall–Kier alpha value is -2.32. The van der Waals surface area contributed by atoms with E-state index in [1.165, 1.54) is 12.2 Å². The molecule has 26 heavy (non-hydrogen) atoms. The number of amidine groups is 1. The van der Waals surface area contributed by atoms with E-state index in [1.54, 1.807) is 41.5 Å². The Morgan fingerprint density at radius 2 is 1.65 bits per heavy atom. The van der Waals surface area contributed by atoms with Gasteiger partial charge in [-0.1, -0.05) is 26.0 Å². The maximum atomic E-state index is 13.0. The van der Waals surface area contributed by atoms with Crippen molar-refractivity contribution in [2.75, 3.05) is 7.05 Å². The number of halogens is 3. The summed E-state index contributed by atoms with van der Waals surface area (Å²) in [5.41, 5.74) is -0.979. The van der Waals surface area contributed by atoms with Crippen molar-refractivity contribution in [1.29, 1.82) is 0 Å². The van der Waals surface area contributed by atoms with Gasteiger partial charge in [0, 0.05) is 12.7 Å². The van der Waals surface area contributed by atoms with Gasteiger partial charge in [0.2, 0.25) is 5.84 Å². The van der Waals surface area contributed by atoms with Crippen LogP contribution >= 0.6 is 0 Å². The highest BCUT2D eigenvalue weighted by molar-refractivity contribution is 6.05. The van der Waals surface area contributed by atoms with E-state index in [4.69, 9.17) is 4.74 Å². The first-order valence-electron chi connectivity index (χ1n) is 7.95. The van der Waals surface area contributed by atoms with Crippen LogP contribution in [0.1, 0.15) is 41.5 Å². The van der Waals surface area contributed by atoms with E-state index in [2.05, 4.69) is 10.3 Å². The van der Waals surface area contributed by atoms with Gasteiger partial charge < -0.3 is 10.1 Å². The molecule has 0 aromatic rings. The number of aliphatic imine (C=N–C) groups is 1. The number of nitrogens with zero attached hydrogens (tertiary/aromatic N) is 1. The molecule has 0 heterocycles. The molecular weight excluding hydrogens is 351 g/mol. The van der Waals surface area contributed by atoms with Crippen LogP contribution in [0.15, 0.2) is 28.4 Å². The normalized spacial score (nSPS) is 14.3. The third-order valence-electron chi connectivity index (χ3n) is 2.81. The Morgan fingerprint density at radius 1 is 1.12 bits per heavy atom. The lowest BCUT2D eigenvalue weighted by Crippen LogP contribution is -2.41. The molecule has 0 aliphatic heterocycles. The SMILES string of the molecule is C/C=C\C(C(=O)NC(=O)OC(C)(C)C)=C(/NC(=NC)C(F)(F)F)C(C)C. The van der Waals surface area contributed by atoms with Crippen LogP contribution in [-0.2, 0) is 9.53 Å². The Balaban J connectivity index is 5.84. The minimum Gasteiger partial charge on any atom is -0.444 e. The molecule has 0 aliphatic carbocycles. The van der Waals surface area contributed by atoms with Gasteiger partial charge in [-0.3, -0.25) is 15.1 Å². The molecule has 6 nitrogen and oxygen atoms in total. The molecule has 0 aliphatic rings. The third kappa shape index (κ3) is 8.17. The van der Waals surface area contributed by atoms with Crippen LogP contribution in [0.5, 0.6) is 0 Å². The largest absolute Gasteiger partial charge is 0.449 e. The highest BCUT2D eigenvalue weighted by atomic mass is 19.4. The van der Waals surface area contributed by atoms with Gasteiger partial charge in [0.05, 0.1) is 5.57 Å². The summed E-state index contributed by atoms with van der Waals surface area (Å²) in [5.74, 6) is -2.61. The first kappa shape index (κ1) is 23.7. The number of allylic oxidation sites excluding steroid dienone is 2. The van der Waals surface area contributed by atoms with Crippen LogP contribution in [0, 0.1) is 5.92 Å². The maximum Gasteiger partial charge on any atom is 0.449 e. The summed E-state index contributed by atoms with van der Waals surface area (Å²) in [5, 5.41) is 4.19. The summed E-state index contributed by atoms with van der Waals surface area (Å²) in [6.07, 6.45) is -2.92. The number of alkyl carbamates (subject to hydrolysis) is 1. The molecule has 2 N–H and O–H groups in total. The molecule has 2 amide bonds. The number of hydrogen-bond acceptors (Lipinski definition) is 4. The van der Waals surface area contributed by atoms with Gasteiger partial charge in [0.1, 0.15) is 5.60 Å². The number of ether oxygens (including phenoxy) is 1. The topological polar surface area (TPSA) is 79.8 Å². The zero-order valence-electron chi connectivity index (χ0n) is 16.0. The minimum absolute atomic E-state index is 0.0258. The summed E-state index contributed by atoms with van der Waals surface area (Å²) in [7, 11) is 0.990. The second-order valence-electron chi connectivity index (χ2n) is 6.63. The quantitative estimate of drug-likeness (QED) is 0.339. The molecule has 0 unspecified atom stereocenters. The molecule has 0 atom stereocenters. The zero-order valence-corrected chi connectivity index (χ0v) is 16.0. The third-order valence-corrected chi connectivity index (χ3v) is 2.81. The van der Waals surface area contributed by atoms with Gasteiger partial charge in [-0.25, -0.2) is 4.79 Å². The Morgan fingerprint density at radius 3 is 2.00 bits per heavy atom. The highest BCUT2D eigenvalue weighted by Gasteiger charge is 2.37. The molecule has 0 saturated heterocycles. The first-order valence-corrected chi connectivity index (χ1v) is 7.95. The molecule has 0 radical (unpaired) electrons. The van der Waals surface area contributed by atoms with Crippen LogP contribution in [0.25, 0.3) is 0 Å². The van der Waals surface area contributed by atoms with Crippen molar-refractivity contribution in [1.82, 2.24) is 10.6 Å². The van der Waals surface area contributed by atoms with Crippen LogP contribution in [0.4, 0.5) is 18.0 Å². The predicted molar refractivity (Wildman–Crippen MR) is 93.6 cm³/mol. The first-order chi connectivity index (χ1) is 11.7. The number of alkyl halides is 3. The number of amides is 2. The fourth-order valence-corrected chi connectivity index (χ4v) is 1.82. The summed E-state index contributed by atoms with van der Waals surface area (Å²) in [6, 6.07) is 0. The van der Waals surface area contributed by atoms with E-state index in [0.29, 0.717) is 0 Å². The second kappa shape index (κ2) is 9.40. The predicted octanol–water partition coefficient (Wildman–Crippen LogP) is 3.70. The molecule has 9 heteroatoms. The van der Waals surface area contributed by atoms with Crippen molar-refractivity contribution >= 4 is 17.8 Å². The maximum absolute atomic E-state index is 13.0. The van der Waals surface area contributed by atoms with Crippen LogP contribution in [0.3, 0.4) is 0 Å². The lowest BCUT2D eigenvalue weighted by molar-refractivity contribution is -0.117. The number of imide groups is 1. The summed E-state index contributed by atoms with van der Waals surface area (Å²) >= 11 is 0. The zero-order chi connectivity index (χ0) is 20.7. The monoisotopic (exact) mass is 377 g/mol. The summed E-state index contributed by atoms with van der Waals surface area (Å²) in [4.78, 5) is 27.4. The number of carbonyl (C=O) groups is 2. The molecule has 0 fully saturated rings. The van der Waals surface area contributed by atoms with Gasteiger partial charge in [-0.15, -0.1) is 0 Å². The average molecular weight is 377 g/mol. The van der Waals surface area contributed by atoms with E-state index >= 15 is 0 Å². The lowest BCUT2D eigenvalue weighted by atomic mass is 10.0. The number of hydrogen-bond donors (Lipinski definition) is 2. The van der Waals surface area contributed by atoms with Crippen LogP contribution < -0.4 is 10.6 Å². The van der Waals surface area contributed by atoms with Crippen molar-refractivity contribution < 1.29 is 27.5 Å². The number of nitrogens with one attached hydrogen (secondary N) is 2. The molecule has 0 aromatic carbocycles. The number of carbonyl (C=O) groups excluding carboxylic acids is 2. The van der Waals surface area contributed by atoms with Gasteiger partial charge >= 0.3 is 12.3 Å². The average Bonchev–Trinajstić information content (AvgIpc) is 2.42. The molecule has 0 aromatic heterocycles. The highest BCUT2D eigenvalue weighted by Crippen LogP contribution is 2.20. The lowest BCUT2D eigenvalue weighted by Gasteiger charge is -2.22. The van der Waals surface area contributed by atoms with Crippen molar-refractivity contribution in [3.05, 3.63) is 23.4 Å². The van der Waals surface area contributed by atoms with E-state index in [9.17, 15) is 22.8 Å². The van der Waals surface area contributed by atoms with Gasteiger partial charge in [0.25, 0.3) is 5.91 Å². The fraction of sp³-hybridized carbons (Fsp3) is 0.588. The molecule has 0 saturated carbocycles. The van der Waals surface area contributed by atoms with E-state index in [-0.39, 0.29) is 11.3 Å². The van der Waals surface area contributed by atoms with E-state index in [0.717, 1.165) is 7.05 Å². The van der Waals surface area contributed by atoms with Gasteiger partial charge in [-0.2, -0.15) is 13.2 Å². The molecule has 0 rings (SSSR count). The van der Waals surface area contributed by atoms with Crippen molar-refractivity contribution in [3.63, 3.8) is 0 Å². The van der Waals surface area contributed by atoms with Crippen molar-refractivity contribution in [2.24, 2.45) is 10.9 Å². The van der Waals surface area contributed by atoms with Crippen molar-refractivity contribution in [2.45, 2.75) is 53.3 Å². The molecule has 0 spiro atoms. The molecule has 0 bridgehead atoms. The Labute approximate surface area is 151 Å². The smallest absolute Gasteiger partial charge is 0.444 e. The van der Waals surface area contributed by atoms with E-state index in [1.807, 2.05) is 5.32 Å². The fourth-order valence-electron chi connectivity index (χ4n) is 1.82. The Bertz CT molecular complexity index is 613. The van der Waals surface area contributed by atoms with Crippen LogP contribution in [-0.4, -0.2) is 36.7 Å². The van der Waals surface area contributed by atoms with Gasteiger partial charge in [-0.05, 0) is 33.6 Å². The number of rotatable bonds is 4. The molecule has 148 valence electrons. The van der Waals surface area contributed by atoms with Crippen LogP contribution in [0.2, 0.25) is 0 Å². The molecular formula is C17H26F3N3O3. The Kier molecular flexibility index (Phi) is 8.56. The van der Waals surface area contributed by atoms with Crippen molar-refractivity contribution in [3.8, 4) is 0 Å². The summed E-state index contributed by atoms with van der Waals surface area (Å²) < 4.78 is 43.9. The standard InChI is InChI=1S/C17H26F3N3O3/c1-8-9-11(13(24)23-15(25)26-16(4,5)6)12(10(2)3)22-14(21-7)17(18,19)20/h8-10H,1-7H3,(H,21,22)(H,23,24,25)/b9-8-,12-11+. The minimum atomic E-state index is -4.71. The van der Waals surface area contributed by atoms with Gasteiger partial charge in [0.15, 0.2) is 0 Å².